The molecular formula is C21H38O12. The molecule has 0 radical (unpaired) electrons. The zero-order valence-electron chi connectivity index (χ0n) is 20.1. The number of carbonyl (C=O) groups is 5. The molecule has 0 rings (SSSR count). The van der Waals surface area contributed by atoms with Crippen LogP contribution in [0.3, 0.4) is 0 Å². The quantitative estimate of drug-likeness (QED) is 0.149. The Bertz CT molecular complexity index is 499. The summed E-state index contributed by atoms with van der Waals surface area (Å²) in [5.74, 6) is -2.96. The van der Waals surface area contributed by atoms with Crippen molar-refractivity contribution in [3.63, 3.8) is 0 Å². The molecule has 33 heavy (non-hydrogen) atoms. The molecule has 12 nitrogen and oxygen atoms in total. The van der Waals surface area contributed by atoms with Gasteiger partial charge in [-0.3, -0.25) is 4.79 Å². The van der Waals surface area contributed by atoms with Gasteiger partial charge in [-0.25, -0.2) is 14.4 Å². The monoisotopic (exact) mass is 482 g/mol. The summed E-state index contributed by atoms with van der Waals surface area (Å²) in [6.45, 7) is 28.3. The van der Waals surface area contributed by atoms with E-state index >= 15 is 0 Å². The summed E-state index contributed by atoms with van der Waals surface area (Å²) in [6.07, 6.45) is 0.222. The molecule has 0 aromatic heterocycles. The van der Waals surface area contributed by atoms with E-state index < -0.39 is 17.9 Å². The topological polar surface area (TPSA) is 227 Å². The summed E-state index contributed by atoms with van der Waals surface area (Å²) in [6, 6.07) is 0. The number of hydrogen-bond donors (Lipinski definition) is 4. The molecule has 0 saturated carbocycles. The first kappa shape index (κ1) is 56.9. The van der Waals surface area contributed by atoms with Crippen LogP contribution >= 0.6 is 0 Å². The summed E-state index contributed by atoms with van der Waals surface area (Å²) in [5, 5.41) is 30.5. The predicted molar refractivity (Wildman–Crippen MR) is 124 cm³/mol. The van der Waals surface area contributed by atoms with Gasteiger partial charge in [-0.2, -0.15) is 0 Å². The normalized spacial score (nSPS) is 5.97. The second kappa shape index (κ2) is 56.6. The van der Waals surface area contributed by atoms with Crippen molar-refractivity contribution in [2.45, 2.75) is 34.1 Å². The van der Waals surface area contributed by atoms with Gasteiger partial charge in [0, 0.05) is 30.2 Å². The minimum absolute atomic E-state index is 0. The van der Waals surface area contributed by atoms with Gasteiger partial charge in [0.1, 0.15) is 6.79 Å². The zero-order chi connectivity index (χ0) is 28.5. The van der Waals surface area contributed by atoms with Crippen molar-refractivity contribution in [3.05, 3.63) is 56.3 Å². The number of carboxylic acids is 3. The van der Waals surface area contributed by atoms with E-state index in [9.17, 15) is 19.2 Å². The number of rotatable bonds is 4. The van der Waals surface area contributed by atoms with Crippen LogP contribution in [-0.2, 0) is 33.4 Å². The Morgan fingerprint density at radius 1 is 0.788 bits per heavy atom. The third-order valence-corrected chi connectivity index (χ3v) is 1.57. The zero-order valence-corrected chi connectivity index (χ0v) is 20.1. The third-order valence-electron chi connectivity index (χ3n) is 1.57. The molecule has 0 saturated heterocycles. The molecule has 0 aliphatic rings. The number of esters is 1. The Balaban J connectivity index is -0.0000000299. The van der Waals surface area contributed by atoms with Crippen LogP contribution in [0.25, 0.3) is 0 Å². The number of ether oxygens (including phenoxy) is 1. The third kappa shape index (κ3) is 130. The van der Waals surface area contributed by atoms with E-state index in [1.807, 2.05) is 6.79 Å². The van der Waals surface area contributed by atoms with Gasteiger partial charge in [0.05, 0.1) is 7.11 Å². The van der Waals surface area contributed by atoms with Crippen molar-refractivity contribution in [1.82, 2.24) is 0 Å². The molecule has 0 aliphatic carbocycles. The van der Waals surface area contributed by atoms with Gasteiger partial charge in [0.25, 0.3) is 0 Å². The van der Waals surface area contributed by atoms with Gasteiger partial charge < -0.3 is 35.4 Å². The molecule has 0 amide bonds. The molecule has 0 fully saturated rings. The fraction of sp³-hybridized carbons (Fsp3) is 0.333. The van der Waals surface area contributed by atoms with Crippen molar-refractivity contribution in [1.29, 1.82) is 0 Å². The van der Waals surface area contributed by atoms with Crippen LogP contribution in [0.5, 0.6) is 0 Å². The summed E-state index contributed by atoms with van der Waals surface area (Å²) in [4.78, 5) is 46.8. The molecule has 0 aromatic rings. The second-order valence-corrected chi connectivity index (χ2v) is 4.19. The second-order valence-electron chi connectivity index (χ2n) is 4.19. The standard InChI is InChI=1S/C5H8O2.2C4H6O2.C3H6O2.C2H4.CH4O.CH2O.CO.H2O/c1-4(2)5(6)7-3;2*1-3(2)4(5)6;1-2-3(4)5;4*1-2;/h1H2,2-3H3;2*1H2,2H3,(H,5,6);2H2,1H3,(H,4,5);1-2H2;2H,1H3;1H2;;1H2. The Hall–Kier alpha value is -3.83. The van der Waals surface area contributed by atoms with Gasteiger partial charge in [0.2, 0.25) is 0 Å². The predicted octanol–water partition coefficient (Wildman–Crippen LogP) is 1.87. The van der Waals surface area contributed by atoms with E-state index in [-0.39, 0.29) is 29.0 Å². The van der Waals surface area contributed by atoms with Gasteiger partial charge in [-0.05, 0) is 20.8 Å². The number of carboxylic acid groups (broad SMARTS) is 3. The molecule has 0 atom stereocenters. The molecule has 0 unspecified atom stereocenters. The van der Waals surface area contributed by atoms with E-state index in [0.717, 1.165) is 7.11 Å². The molecule has 12 heteroatoms. The fourth-order valence-electron chi connectivity index (χ4n) is 0.174. The van der Waals surface area contributed by atoms with Crippen molar-refractivity contribution >= 4 is 30.7 Å². The van der Waals surface area contributed by atoms with Crippen LogP contribution < -0.4 is 0 Å². The molecular weight excluding hydrogens is 444 g/mol. The Morgan fingerprint density at radius 2 is 0.939 bits per heavy atom. The van der Waals surface area contributed by atoms with Gasteiger partial charge in [-0.1, -0.05) is 26.7 Å². The minimum atomic E-state index is -0.935. The Kier molecular flexibility index (Phi) is 97.6. The van der Waals surface area contributed by atoms with Crippen LogP contribution in [0.4, 0.5) is 0 Å². The molecule has 0 bridgehead atoms. The summed E-state index contributed by atoms with van der Waals surface area (Å²) < 4.78 is 11.8. The van der Waals surface area contributed by atoms with Crippen LogP contribution in [0.1, 0.15) is 34.1 Å². The van der Waals surface area contributed by atoms with Crippen LogP contribution in [0, 0.1) is 6.65 Å². The van der Waals surface area contributed by atoms with E-state index in [0.29, 0.717) is 5.57 Å². The molecule has 0 spiro atoms. The van der Waals surface area contributed by atoms with Crippen LogP contribution in [0.2, 0.25) is 0 Å². The van der Waals surface area contributed by atoms with Crippen molar-refractivity contribution in [3.8, 4) is 0 Å². The maximum atomic E-state index is 10.2. The van der Waals surface area contributed by atoms with Gasteiger partial charge >= 0.3 is 35.2 Å². The van der Waals surface area contributed by atoms with E-state index in [2.05, 4.69) is 44.3 Å². The fourth-order valence-corrected chi connectivity index (χ4v) is 0.174. The maximum absolute atomic E-state index is 10.2. The van der Waals surface area contributed by atoms with E-state index in [1.165, 1.54) is 21.0 Å². The first-order valence-corrected chi connectivity index (χ1v) is 7.91. The summed E-state index contributed by atoms with van der Waals surface area (Å²) in [7, 11) is 2.33. The van der Waals surface area contributed by atoms with Crippen molar-refractivity contribution in [2.75, 3.05) is 14.2 Å². The number of aliphatic hydroxyl groups is 1. The number of hydrogen-bond acceptors (Lipinski definition) is 7. The molecule has 194 valence electrons. The average molecular weight is 483 g/mol. The van der Waals surface area contributed by atoms with E-state index in [1.54, 1.807) is 13.8 Å². The first-order valence-electron chi connectivity index (χ1n) is 7.91. The Morgan fingerprint density at radius 3 is 0.939 bits per heavy atom. The number of aliphatic carboxylic acids is 3. The van der Waals surface area contributed by atoms with Crippen molar-refractivity contribution in [2.24, 2.45) is 0 Å². The van der Waals surface area contributed by atoms with E-state index in [4.69, 9.17) is 29.9 Å². The molecule has 0 aromatic carbocycles. The number of aliphatic hydroxyl groups excluding tert-OH is 1. The molecule has 0 aliphatic heterocycles. The van der Waals surface area contributed by atoms with Crippen LogP contribution in [0.15, 0.2) is 49.6 Å². The first-order chi connectivity index (χ1) is 14.7. The van der Waals surface area contributed by atoms with Crippen molar-refractivity contribution < 1.29 is 59.3 Å². The number of methoxy groups -OCH3 is 1. The SMILES string of the molecule is C=C.C=C(C)C(=O)O.C=C(C)C(=O)O.C=C(C)C(=O)OC.C=O.CCC(=O)O.CO.O.[C-]#[O+]. The van der Waals surface area contributed by atoms with Gasteiger partial charge in [0.15, 0.2) is 0 Å². The number of carbonyl (C=O) groups excluding carboxylic acids is 2. The van der Waals surface area contributed by atoms with Crippen LogP contribution in [-0.4, -0.2) is 70.8 Å². The molecule has 0 heterocycles. The van der Waals surface area contributed by atoms with Gasteiger partial charge in [-0.15, -0.1) is 13.2 Å². The average Bonchev–Trinajstić information content (AvgIpc) is 2.79. The molecule has 6 N–H and O–H groups in total. The summed E-state index contributed by atoms with van der Waals surface area (Å²) in [5.41, 5.74) is 0.785. The summed E-state index contributed by atoms with van der Waals surface area (Å²) >= 11 is 0. The Labute approximate surface area is 195 Å².